The molecule has 27 heavy (non-hydrogen) atoms. The van der Waals surface area contributed by atoms with E-state index >= 15 is 0 Å². The number of carboxylic acid groups (broad SMARTS) is 1. The van der Waals surface area contributed by atoms with E-state index in [1.54, 1.807) is 6.92 Å². The van der Waals surface area contributed by atoms with Crippen LogP contribution < -0.4 is 0 Å². The van der Waals surface area contributed by atoms with Crippen LogP contribution in [0.3, 0.4) is 0 Å². The lowest BCUT2D eigenvalue weighted by Gasteiger charge is -2.11. The topological polar surface area (TPSA) is 63.6 Å². The third-order valence-electron chi connectivity index (χ3n) is 3.94. The Hall–Kier alpha value is -2.62. The van der Waals surface area contributed by atoms with Gasteiger partial charge in [-0.15, -0.1) is 0 Å². The van der Waals surface area contributed by atoms with E-state index in [4.69, 9.17) is 5.11 Å². The van der Waals surface area contributed by atoms with E-state index in [1.807, 2.05) is 60.7 Å². The van der Waals surface area contributed by atoms with E-state index < -0.39 is 6.16 Å². The molecular weight excluding hydrogens is 340 g/mol. The number of ketones is 1. The fourth-order valence-corrected chi connectivity index (χ4v) is 2.51. The Morgan fingerprint density at radius 2 is 1.26 bits per heavy atom. The van der Waals surface area contributed by atoms with Crippen LogP contribution >= 0.6 is 0 Å². The molecule has 4 heteroatoms. The predicted octanol–water partition coefficient (Wildman–Crippen LogP) is 5.55. The van der Waals surface area contributed by atoms with Crippen molar-refractivity contribution in [3.05, 3.63) is 71.8 Å². The molecule has 0 aliphatic heterocycles. The summed E-state index contributed by atoms with van der Waals surface area (Å²) in [5, 5.41) is 8.23. The Kier molecular flexibility index (Phi) is 10.5. The predicted molar refractivity (Wildman–Crippen MR) is 108 cm³/mol. The molecule has 0 aliphatic rings. The molecule has 0 aliphatic carbocycles. The highest BCUT2D eigenvalue weighted by molar-refractivity contribution is 5.83. The summed E-state index contributed by atoms with van der Waals surface area (Å²) >= 11 is 0. The quantitative estimate of drug-likeness (QED) is 0.619. The molecule has 0 aromatic heterocycles. The third kappa shape index (κ3) is 11.6. The van der Waals surface area contributed by atoms with Crippen LogP contribution in [0, 0.1) is 5.92 Å². The normalized spacial score (nSPS) is 11.3. The number of ether oxygens (including phenoxy) is 1. The van der Waals surface area contributed by atoms with Crippen molar-refractivity contribution in [2.45, 2.75) is 52.6 Å². The standard InChI is InChI=1S/C15H14O.C8H16O3/c16-15(11-13-7-3-1-4-8-13)12-14-9-5-2-6-10-14;1-6(2)4-5-7(3)11-8(9)10/h1-10H,11-12H2;6-7H,4-5H2,1-3H3,(H,9,10). The van der Waals surface area contributed by atoms with Crippen molar-refractivity contribution < 1.29 is 19.4 Å². The number of Topliss-reactive ketones (excluding diaryl/α,β-unsaturated/α-hetero) is 1. The molecule has 0 heterocycles. The van der Waals surface area contributed by atoms with Gasteiger partial charge in [0.15, 0.2) is 0 Å². The molecule has 2 rings (SSSR count). The summed E-state index contributed by atoms with van der Waals surface area (Å²) in [6.07, 6.45) is 1.51. The summed E-state index contributed by atoms with van der Waals surface area (Å²) in [6.45, 7) is 5.98. The van der Waals surface area contributed by atoms with Gasteiger partial charge >= 0.3 is 6.16 Å². The van der Waals surface area contributed by atoms with Crippen molar-refractivity contribution >= 4 is 11.9 Å². The minimum atomic E-state index is -1.18. The van der Waals surface area contributed by atoms with E-state index in [2.05, 4.69) is 18.6 Å². The third-order valence-corrected chi connectivity index (χ3v) is 3.94. The van der Waals surface area contributed by atoms with Gasteiger partial charge in [-0.2, -0.15) is 0 Å². The number of carbonyl (C=O) groups is 2. The van der Waals surface area contributed by atoms with E-state index in [0.29, 0.717) is 18.8 Å². The molecular formula is C23H30O4. The second-order valence-electron chi connectivity index (χ2n) is 7.03. The van der Waals surface area contributed by atoms with Crippen LogP contribution in [0.2, 0.25) is 0 Å². The first kappa shape index (κ1) is 22.4. The Bertz CT molecular complexity index is 622. The van der Waals surface area contributed by atoms with Gasteiger partial charge in [0.25, 0.3) is 0 Å². The van der Waals surface area contributed by atoms with E-state index in [1.165, 1.54) is 0 Å². The number of hydrogen-bond donors (Lipinski definition) is 1. The molecule has 0 amide bonds. The highest BCUT2D eigenvalue weighted by atomic mass is 16.7. The van der Waals surface area contributed by atoms with Gasteiger partial charge in [0.1, 0.15) is 11.9 Å². The number of hydrogen-bond acceptors (Lipinski definition) is 3. The molecule has 0 fully saturated rings. The first-order chi connectivity index (χ1) is 12.9. The van der Waals surface area contributed by atoms with Crippen LogP contribution in [0.4, 0.5) is 4.79 Å². The smallest absolute Gasteiger partial charge is 0.450 e. The van der Waals surface area contributed by atoms with E-state index in [9.17, 15) is 9.59 Å². The van der Waals surface area contributed by atoms with E-state index in [-0.39, 0.29) is 11.9 Å². The van der Waals surface area contributed by atoms with Crippen molar-refractivity contribution in [3.8, 4) is 0 Å². The average molecular weight is 370 g/mol. The number of benzene rings is 2. The zero-order chi connectivity index (χ0) is 20.1. The maximum atomic E-state index is 11.8. The van der Waals surface area contributed by atoms with Gasteiger partial charge in [-0.05, 0) is 36.8 Å². The molecule has 2 aromatic carbocycles. The van der Waals surface area contributed by atoms with Crippen LogP contribution in [0.15, 0.2) is 60.7 Å². The highest BCUT2D eigenvalue weighted by Crippen LogP contribution is 2.09. The summed E-state index contributed by atoms with van der Waals surface area (Å²) in [5.41, 5.74) is 2.17. The van der Waals surface area contributed by atoms with Crippen molar-refractivity contribution in [2.75, 3.05) is 0 Å². The lowest BCUT2D eigenvalue weighted by atomic mass is 10.0. The van der Waals surface area contributed by atoms with Crippen LogP contribution in [-0.4, -0.2) is 23.1 Å². The van der Waals surface area contributed by atoms with Crippen molar-refractivity contribution in [1.82, 2.24) is 0 Å². The van der Waals surface area contributed by atoms with Gasteiger partial charge in [0.05, 0.1) is 0 Å². The van der Waals surface area contributed by atoms with Gasteiger partial charge in [-0.3, -0.25) is 4.79 Å². The minimum Gasteiger partial charge on any atom is -0.450 e. The van der Waals surface area contributed by atoms with Crippen molar-refractivity contribution in [2.24, 2.45) is 5.92 Å². The SMILES string of the molecule is CC(C)CCC(C)OC(=O)O.O=C(Cc1ccccc1)Cc1ccccc1. The van der Waals surface area contributed by atoms with Crippen LogP contribution in [0.1, 0.15) is 44.7 Å². The van der Waals surface area contributed by atoms with Gasteiger partial charge in [0, 0.05) is 12.8 Å². The second-order valence-corrected chi connectivity index (χ2v) is 7.03. The lowest BCUT2D eigenvalue weighted by molar-refractivity contribution is -0.117. The largest absolute Gasteiger partial charge is 0.506 e. The summed E-state index contributed by atoms with van der Waals surface area (Å²) in [4.78, 5) is 21.8. The number of rotatable bonds is 8. The average Bonchev–Trinajstić information content (AvgIpc) is 2.61. The molecule has 1 unspecified atom stereocenters. The summed E-state index contributed by atoms with van der Waals surface area (Å²) in [5.74, 6) is 0.868. The van der Waals surface area contributed by atoms with Crippen LogP contribution in [-0.2, 0) is 22.4 Å². The fraction of sp³-hybridized carbons (Fsp3) is 0.391. The lowest BCUT2D eigenvalue weighted by Crippen LogP contribution is -2.13. The molecule has 0 bridgehead atoms. The first-order valence-electron chi connectivity index (χ1n) is 9.36. The molecule has 0 saturated carbocycles. The number of carbonyl (C=O) groups excluding carboxylic acids is 1. The van der Waals surface area contributed by atoms with Gasteiger partial charge in [-0.25, -0.2) is 4.79 Å². The van der Waals surface area contributed by atoms with Crippen molar-refractivity contribution in [3.63, 3.8) is 0 Å². The monoisotopic (exact) mass is 370 g/mol. The molecule has 0 spiro atoms. The molecule has 0 radical (unpaired) electrons. The minimum absolute atomic E-state index is 0.171. The molecule has 1 atom stereocenters. The molecule has 0 saturated heterocycles. The zero-order valence-electron chi connectivity index (χ0n) is 16.4. The maximum absolute atomic E-state index is 11.8. The van der Waals surface area contributed by atoms with Crippen LogP contribution in [0.5, 0.6) is 0 Å². The van der Waals surface area contributed by atoms with Gasteiger partial charge < -0.3 is 9.84 Å². The molecule has 1 N–H and O–H groups in total. The Balaban J connectivity index is 0.000000293. The Morgan fingerprint density at radius 3 is 1.63 bits per heavy atom. The van der Waals surface area contributed by atoms with E-state index in [0.717, 1.165) is 24.0 Å². The Labute approximate surface area is 162 Å². The summed E-state index contributed by atoms with van der Waals surface area (Å²) < 4.78 is 4.52. The Morgan fingerprint density at radius 1 is 0.815 bits per heavy atom. The highest BCUT2D eigenvalue weighted by Gasteiger charge is 2.07. The molecule has 4 nitrogen and oxygen atoms in total. The van der Waals surface area contributed by atoms with Gasteiger partial charge in [-0.1, -0.05) is 74.5 Å². The van der Waals surface area contributed by atoms with Crippen molar-refractivity contribution in [1.29, 1.82) is 0 Å². The molecule has 146 valence electrons. The maximum Gasteiger partial charge on any atom is 0.506 e. The fourth-order valence-electron chi connectivity index (χ4n) is 2.51. The summed E-state index contributed by atoms with van der Waals surface area (Å²) in [7, 11) is 0. The van der Waals surface area contributed by atoms with Gasteiger partial charge in [0.2, 0.25) is 0 Å². The zero-order valence-corrected chi connectivity index (χ0v) is 16.4. The molecule has 2 aromatic rings. The first-order valence-corrected chi connectivity index (χ1v) is 9.36. The van der Waals surface area contributed by atoms with Crippen LogP contribution in [0.25, 0.3) is 0 Å². The second kappa shape index (κ2) is 12.7. The summed E-state index contributed by atoms with van der Waals surface area (Å²) in [6, 6.07) is 19.7.